The maximum atomic E-state index is 9.06. The summed E-state index contributed by atoms with van der Waals surface area (Å²) >= 11 is 3.65. The Labute approximate surface area is 136 Å². The summed E-state index contributed by atoms with van der Waals surface area (Å²) in [6.07, 6.45) is 4.52. The van der Waals surface area contributed by atoms with Crippen LogP contribution in [0.5, 0.6) is 11.5 Å². The van der Waals surface area contributed by atoms with Crippen molar-refractivity contribution in [2.75, 3.05) is 19.0 Å². The quantitative estimate of drug-likeness (QED) is 0.591. The molecule has 0 atom stereocenters. The van der Waals surface area contributed by atoms with E-state index < -0.39 is 0 Å². The van der Waals surface area contributed by atoms with Gasteiger partial charge in [-0.25, -0.2) is 0 Å². The van der Waals surface area contributed by atoms with Crippen LogP contribution in [0.25, 0.3) is 0 Å². The van der Waals surface area contributed by atoms with Crippen molar-refractivity contribution < 1.29 is 9.47 Å². The number of methoxy groups -OCH3 is 1. The highest BCUT2D eigenvalue weighted by atomic mass is 79.9. The maximum absolute atomic E-state index is 9.06. The van der Waals surface area contributed by atoms with E-state index in [1.807, 2.05) is 6.07 Å². The number of rotatable bonds is 9. The number of nitrogens with zero attached hydrogens (tertiary/aromatic N) is 1. The Balaban J connectivity index is 2.86. The van der Waals surface area contributed by atoms with Crippen LogP contribution in [0, 0.1) is 16.7 Å². The lowest BCUT2D eigenvalue weighted by Gasteiger charge is -2.31. The molecule has 0 saturated carbocycles. The molecule has 1 rings (SSSR count). The van der Waals surface area contributed by atoms with Gasteiger partial charge in [0.15, 0.2) is 0 Å². The summed E-state index contributed by atoms with van der Waals surface area (Å²) in [5.74, 6) is 1.35. The molecule has 0 spiro atoms. The van der Waals surface area contributed by atoms with Gasteiger partial charge in [0.2, 0.25) is 0 Å². The van der Waals surface area contributed by atoms with Gasteiger partial charge in [-0.05, 0) is 25.0 Å². The number of benzene rings is 1. The zero-order valence-electron chi connectivity index (χ0n) is 13.1. The molecule has 0 N–H and O–H groups in total. The molecule has 0 heterocycles. The van der Waals surface area contributed by atoms with Crippen molar-refractivity contribution in [3.8, 4) is 17.6 Å². The largest absolute Gasteiger partial charge is 0.497 e. The van der Waals surface area contributed by atoms with Gasteiger partial charge in [-0.15, -0.1) is 0 Å². The van der Waals surface area contributed by atoms with Crippen LogP contribution in [-0.4, -0.2) is 19.0 Å². The Hall–Kier alpha value is -1.21. The summed E-state index contributed by atoms with van der Waals surface area (Å²) in [5.41, 5.74) is 0.708. The lowest BCUT2D eigenvalue weighted by Crippen LogP contribution is -2.30. The van der Waals surface area contributed by atoms with E-state index in [1.165, 1.54) is 0 Å². The third-order valence-corrected chi connectivity index (χ3v) is 4.82. The number of hydrogen-bond donors (Lipinski definition) is 0. The highest BCUT2D eigenvalue weighted by molar-refractivity contribution is 9.09. The smallest absolute Gasteiger partial charge is 0.124 e. The van der Waals surface area contributed by atoms with Crippen molar-refractivity contribution in [2.24, 2.45) is 5.41 Å². The fourth-order valence-corrected chi connectivity index (χ4v) is 3.30. The van der Waals surface area contributed by atoms with E-state index in [2.05, 4.69) is 35.8 Å². The molecule has 116 valence electrons. The lowest BCUT2D eigenvalue weighted by atomic mass is 9.82. The lowest BCUT2D eigenvalue weighted by molar-refractivity contribution is 0.144. The van der Waals surface area contributed by atoms with Crippen LogP contribution in [-0.2, 0) is 0 Å². The van der Waals surface area contributed by atoms with Gasteiger partial charge in [-0.1, -0.05) is 42.6 Å². The van der Waals surface area contributed by atoms with Gasteiger partial charge in [0.1, 0.15) is 11.5 Å². The number of ether oxygens (including phenoxy) is 2. The van der Waals surface area contributed by atoms with E-state index in [0.717, 1.165) is 31.0 Å². The Morgan fingerprint density at radius 3 is 2.24 bits per heavy atom. The molecule has 21 heavy (non-hydrogen) atoms. The minimum Gasteiger partial charge on any atom is -0.497 e. The van der Waals surface area contributed by atoms with Gasteiger partial charge >= 0.3 is 0 Å². The first kappa shape index (κ1) is 17.8. The molecule has 0 aliphatic heterocycles. The van der Waals surface area contributed by atoms with Gasteiger partial charge in [-0.2, -0.15) is 5.26 Å². The van der Waals surface area contributed by atoms with Gasteiger partial charge in [0.25, 0.3) is 0 Å². The first-order chi connectivity index (χ1) is 10.1. The van der Waals surface area contributed by atoms with E-state index in [4.69, 9.17) is 14.7 Å². The molecule has 0 aliphatic rings. The van der Waals surface area contributed by atoms with E-state index in [9.17, 15) is 0 Å². The molecule has 0 amide bonds. The molecule has 0 bridgehead atoms. The fourth-order valence-electron chi connectivity index (χ4n) is 2.58. The standard InChI is InChI=1S/C17H24BrNO2/c1-4-6-17(12-18,7-5-2)13-21-16-9-14(11-19)8-15(10-16)20-3/h8-10H,4-7,12-13H2,1-3H3. The van der Waals surface area contributed by atoms with Crippen molar-refractivity contribution in [2.45, 2.75) is 39.5 Å². The molecule has 0 aromatic heterocycles. The van der Waals surface area contributed by atoms with E-state index in [1.54, 1.807) is 19.2 Å². The first-order valence-corrected chi connectivity index (χ1v) is 8.53. The van der Waals surface area contributed by atoms with Crippen molar-refractivity contribution in [1.29, 1.82) is 5.26 Å². The topological polar surface area (TPSA) is 42.2 Å². The van der Waals surface area contributed by atoms with E-state index in [-0.39, 0.29) is 5.41 Å². The Bertz CT molecular complexity index is 476. The molecule has 1 aromatic rings. The second kappa shape index (κ2) is 8.94. The van der Waals surface area contributed by atoms with Crippen molar-refractivity contribution >= 4 is 15.9 Å². The van der Waals surface area contributed by atoms with Crippen molar-refractivity contribution in [3.63, 3.8) is 0 Å². The monoisotopic (exact) mass is 353 g/mol. The fraction of sp³-hybridized carbons (Fsp3) is 0.588. The predicted octanol–water partition coefficient (Wildman–Crippen LogP) is 4.93. The number of hydrogen-bond acceptors (Lipinski definition) is 3. The Morgan fingerprint density at radius 2 is 1.76 bits per heavy atom. The van der Waals surface area contributed by atoms with Gasteiger partial charge in [0.05, 0.1) is 25.3 Å². The predicted molar refractivity (Wildman–Crippen MR) is 89.2 cm³/mol. The summed E-state index contributed by atoms with van der Waals surface area (Å²) in [5, 5.41) is 9.98. The molecule has 0 saturated heterocycles. The third-order valence-electron chi connectivity index (χ3n) is 3.63. The Kier molecular flexibility index (Phi) is 7.60. The van der Waals surface area contributed by atoms with Gasteiger partial charge in [0, 0.05) is 16.8 Å². The van der Waals surface area contributed by atoms with Gasteiger partial charge in [-0.3, -0.25) is 0 Å². The highest BCUT2D eigenvalue weighted by Gasteiger charge is 2.28. The minimum absolute atomic E-state index is 0.152. The Morgan fingerprint density at radius 1 is 1.14 bits per heavy atom. The zero-order chi connectivity index (χ0) is 15.7. The van der Waals surface area contributed by atoms with Gasteiger partial charge < -0.3 is 9.47 Å². The van der Waals surface area contributed by atoms with Crippen LogP contribution in [0.2, 0.25) is 0 Å². The molecular formula is C17H24BrNO2. The zero-order valence-corrected chi connectivity index (χ0v) is 14.7. The van der Waals surface area contributed by atoms with Crippen LogP contribution in [0.1, 0.15) is 45.1 Å². The molecule has 0 radical (unpaired) electrons. The van der Waals surface area contributed by atoms with Crippen molar-refractivity contribution in [1.82, 2.24) is 0 Å². The van der Waals surface area contributed by atoms with Crippen LogP contribution >= 0.6 is 15.9 Å². The summed E-state index contributed by atoms with van der Waals surface area (Å²) in [4.78, 5) is 0. The molecular weight excluding hydrogens is 330 g/mol. The van der Waals surface area contributed by atoms with E-state index in [0.29, 0.717) is 23.7 Å². The molecule has 0 fully saturated rings. The average molecular weight is 354 g/mol. The van der Waals surface area contributed by atoms with Crippen molar-refractivity contribution in [3.05, 3.63) is 23.8 Å². The molecule has 0 aliphatic carbocycles. The number of nitriles is 1. The molecule has 4 heteroatoms. The molecule has 1 aromatic carbocycles. The van der Waals surface area contributed by atoms with Crippen LogP contribution in [0.3, 0.4) is 0 Å². The molecule has 3 nitrogen and oxygen atoms in total. The second-order valence-electron chi connectivity index (χ2n) is 5.43. The summed E-state index contributed by atoms with van der Waals surface area (Å²) in [6, 6.07) is 7.44. The van der Waals surface area contributed by atoms with Crippen LogP contribution in [0.4, 0.5) is 0 Å². The summed E-state index contributed by atoms with van der Waals surface area (Å²) in [6.45, 7) is 5.05. The second-order valence-corrected chi connectivity index (χ2v) is 5.99. The molecule has 0 unspecified atom stereocenters. The van der Waals surface area contributed by atoms with E-state index >= 15 is 0 Å². The van der Waals surface area contributed by atoms with Crippen LogP contribution in [0.15, 0.2) is 18.2 Å². The SMILES string of the molecule is CCCC(CBr)(CCC)COc1cc(C#N)cc(OC)c1. The minimum atomic E-state index is 0.152. The number of halogens is 1. The normalized spacial score (nSPS) is 11.0. The maximum Gasteiger partial charge on any atom is 0.124 e. The summed E-state index contributed by atoms with van der Waals surface area (Å²) < 4.78 is 11.2. The van der Waals surface area contributed by atoms with Crippen LogP contribution < -0.4 is 9.47 Å². The highest BCUT2D eigenvalue weighted by Crippen LogP contribution is 2.33. The summed E-state index contributed by atoms with van der Waals surface area (Å²) in [7, 11) is 1.59. The average Bonchev–Trinajstić information content (AvgIpc) is 2.52. The first-order valence-electron chi connectivity index (χ1n) is 7.41. The third kappa shape index (κ3) is 5.24. The number of alkyl halides is 1.